The average Bonchev–Trinajstić information content (AvgIpc) is 2.86. The number of nitrogens with one attached hydrogen (secondary N) is 2. The second-order valence-corrected chi connectivity index (χ2v) is 8.94. The van der Waals surface area contributed by atoms with E-state index in [0.717, 1.165) is 4.90 Å². The largest absolute Gasteiger partial charge is 0.361 e. The van der Waals surface area contributed by atoms with Crippen LogP contribution in [0.4, 0.5) is 5.82 Å². The lowest BCUT2D eigenvalue weighted by molar-refractivity contribution is 0.774. The van der Waals surface area contributed by atoms with Crippen molar-refractivity contribution in [3.8, 4) is 5.69 Å². The van der Waals surface area contributed by atoms with E-state index in [1.54, 1.807) is 10.8 Å². The van der Waals surface area contributed by atoms with Crippen LogP contribution in [0.1, 0.15) is 18.7 Å². The van der Waals surface area contributed by atoms with E-state index < -0.39 is 6.04 Å². The number of pyridine rings is 2. The highest BCUT2D eigenvalue weighted by Gasteiger charge is 2.23. The number of H-pyrrole nitrogens is 1. The quantitative estimate of drug-likeness (QED) is 0.331. The predicted octanol–water partition coefficient (Wildman–Crippen LogP) is 5.17. The summed E-state index contributed by atoms with van der Waals surface area (Å²) in [4.78, 5) is 38.7. The molecule has 0 spiro atoms. The normalized spacial score (nSPS) is 12.2. The molecule has 3 heterocycles. The summed E-state index contributed by atoms with van der Waals surface area (Å²) in [6, 6.07) is 16.0. The number of aromatic nitrogens is 4. The smallest absolute Gasteiger partial charge is 0.264 e. The molecule has 0 fully saturated rings. The van der Waals surface area contributed by atoms with Crippen molar-refractivity contribution >= 4 is 51.0 Å². The Morgan fingerprint density at radius 3 is 2.59 bits per heavy atom. The summed E-state index contributed by atoms with van der Waals surface area (Å²) in [5.41, 5.74) is 1.32. The lowest BCUT2D eigenvalue weighted by Gasteiger charge is -2.23. The molecule has 0 amide bonds. The zero-order valence-corrected chi connectivity index (χ0v) is 19.9. The number of hydrogen-bond acceptors (Lipinski definition) is 6. The van der Waals surface area contributed by atoms with Crippen molar-refractivity contribution in [3.63, 3.8) is 0 Å². The number of benzene rings is 2. The minimum Gasteiger partial charge on any atom is -0.361 e. The molecular weight excluding hydrogens is 470 g/mol. The van der Waals surface area contributed by atoms with Crippen LogP contribution in [0, 0.1) is 0 Å². The highest BCUT2D eigenvalue weighted by atomic mass is 35.5. The van der Waals surface area contributed by atoms with Crippen LogP contribution in [0.2, 0.25) is 5.02 Å². The van der Waals surface area contributed by atoms with Gasteiger partial charge in [-0.1, -0.05) is 41.9 Å². The van der Waals surface area contributed by atoms with Gasteiger partial charge in [-0.15, -0.1) is 11.8 Å². The number of aromatic amines is 1. The number of hydrogen-bond donors (Lipinski definition) is 2. The maximum absolute atomic E-state index is 13.9. The van der Waals surface area contributed by atoms with Gasteiger partial charge in [-0.3, -0.25) is 14.2 Å². The van der Waals surface area contributed by atoms with Crippen molar-refractivity contribution in [3.05, 3.63) is 98.4 Å². The maximum atomic E-state index is 13.9. The molecule has 0 unspecified atom stereocenters. The Morgan fingerprint density at radius 1 is 1.03 bits per heavy atom. The highest BCUT2D eigenvalue weighted by Crippen LogP contribution is 2.35. The molecule has 0 aliphatic carbocycles. The number of nitrogens with zero attached hydrogens (tertiary/aromatic N) is 3. The number of thioether (sulfide) groups is 1. The number of anilines is 1. The molecule has 7 nitrogen and oxygen atoms in total. The first-order valence-electron chi connectivity index (χ1n) is 10.6. The monoisotopic (exact) mass is 489 g/mol. The van der Waals surface area contributed by atoms with E-state index >= 15 is 0 Å². The zero-order valence-electron chi connectivity index (χ0n) is 18.4. The van der Waals surface area contributed by atoms with Crippen molar-refractivity contribution in [2.75, 3.05) is 11.6 Å². The summed E-state index contributed by atoms with van der Waals surface area (Å²) < 4.78 is 1.63. The van der Waals surface area contributed by atoms with Gasteiger partial charge in [-0.2, -0.15) is 0 Å². The Balaban J connectivity index is 1.78. The first-order valence-corrected chi connectivity index (χ1v) is 12.2. The third-order valence-corrected chi connectivity index (χ3v) is 6.87. The van der Waals surface area contributed by atoms with Crippen LogP contribution in [0.3, 0.4) is 0 Å². The van der Waals surface area contributed by atoms with E-state index in [2.05, 4.69) is 20.3 Å². The summed E-state index contributed by atoms with van der Waals surface area (Å²) in [5, 5.41) is 5.35. The molecule has 2 aromatic carbocycles. The van der Waals surface area contributed by atoms with Crippen LogP contribution >= 0.6 is 23.4 Å². The Bertz CT molecular complexity index is 1640. The molecule has 0 saturated heterocycles. The van der Waals surface area contributed by atoms with Crippen molar-refractivity contribution in [2.45, 2.75) is 17.9 Å². The summed E-state index contributed by atoms with van der Waals surface area (Å²) in [6.07, 6.45) is 4.86. The maximum Gasteiger partial charge on any atom is 0.264 e. The molecule has 0 bridgehead atoms. The van der Waals surface area contributed by atoms with Gasteiger partial charge < -0.3 is 10.3 Å². The lowest BCUT2D eigenvalue weighted by Crippen LogP contribution is -2.27. The molecule has 0 aliphatic heterocycles. The van der Waals surface area contributed by atoms with E-state index in [4.69, 9.17) is 11.6 Å². The second kappa shape index (κ2) is 8.96. The molecule has 0 saturated carbocycles. The van der Waals surface area contributed by atoms with Crippen molar-refractivity contribution in [2.24, 2.45) is 0 Å². The lowest BCUT2D eigenvalue weighted by atomic mass is 10.1. The van der Waals surface area contributed by atoms with Gasteiger partial charge in [0.1, 0.15) is 23.2 Å². The summed E-state index contributed by atoms with van der Waals surface area (Å²) >= 11 is 8.50. The van der Waals surface area contributed by atoms with Gasteiger partial charge in [0.2, 0.25) is 0 Å². The molecule has 3 aromatic heterocycles. The topological polar surface area (TPSA) is 92.7 Å². The third kappa shape index (κ3) is 3.65. The average molecular weight is 490 g/mol. The van der Waals surface area contributed by atoms with Crippen LogP contribution < -0.4 is 16.3 Å². The minimum atomic E-state index is -0.472. The minimum absolute atomic E-state index is 0.162. The SMILES string of the molecule is CSc1cccc2c(Cl)c([C@H](C)Nc3ncnc4[nH]ccc(=O)c34)n(-c3ccccc3)c(=O)c12. The molecular formula is C25H20ClN5O2S. The van der Waals surface area contributed by atoms with Crippen molar-refractivity contribution in [1.29, 1.82) is 0 Å². The first-order chi connectivity index (χ1) is 16.5. The highest BCUT2D eigenvalue weighted by molar-refractivity contribution is 7.98. The molecule has 5 rings (SSSR count). The van der Waals surface area contributed by atoms with E-state index in [1.165, 1.54) is 24.2 Å². The summed E-state index contributed by atoms with van der Waals surface area (Å²) in [5.74, 6) is 0.362. The van der Waals surface area contributed by atoms with Gasteiger partial charge in [-0.05, 0) is 31.4 Å². The molecule has 170 valence electrons. The van der Waals surface area contributed by atoms with E-state index in [-0.39, 0.29) is 11.0 Å². The summed E-state index contributed by atoms with van der Waals surface area (Å²) in [7, 11) is 0. The first kappa shape index (κ1) is 22.2. The fraction of sp³-hybridized carbons (Fsp3) is 0.120. The Kier molecular flexibility index (Phi) is 5.85. The zero-order chi connectivity index (χ0) is 23.8. The molecule has 0 aliphatic rings. The van der Waals surface area contributed by atoms with Crippen LogP contribution in [0.15, 0.2) is 81.6 Å². The van der Waals surface area contributed by atoms with Crippen LogP contribution in [0.25, 0.3) is 27.5 Å². The number of halogens is 1. The van der Waals surface area contributed by atoms with Gasteiger partial charge >= 0.3 is 0 Å². The van der Waals surface area contributed by atoms with E-state index in [0.29, 0.717) is 44.0 Å². The molecule has 1 atom stereocenters. The second-order valence-electron chi connectivity index (χ2n) is 7.71. The fourth-order valence-corrected chi connectivity index (χ4v) is 5.19. The number of para-hydroxylation sites is 1. The third-order valence-electron chi connectivity index (χ3n) is 5.69. The molecule has 0 radical (unpaired) electrons. The van der Waals surface area contributed by atoms with Crippen molar-refractivity contribution in [1.82, 2.24) is 19.5 Å². The standard InChI is InChI=1S/C25H20ClN5O2S/c1-14(30-24-20-17(32)11-12-27-23(20)28-13-29-24)22-21(26)16-9-6-10-18(34-2)19(16)25(33)31(22)15-7-4-3-5-8-15/h3-14H,1-2H3,(H2,27,28,29,30,32)/t14-/m0/s1. The summed E-state index contributed by atoms with van der Waals surface area (Å²) in [6.45, 7) is 1.88. The van der Waals surface area contributed by atoms with Crippen LogP contribution in [-0.4, -0.2) is 25.8 Å². The Hall–Kier alpha value is -3.62. The molecule has 34 heavy (non-hydrogen) atoms. The van der Waals surface area contributed by atoms with E-state index in [9.17, 15) is 9.59 Å². The Labute approximate surface area is 203 Å². The number of fused-ring (bicyclic) bond motifs is 2. The van der Waals surface area contributed by atoms with Crippen LogP contribution in [-0.2, 0) is 0 Å². The van der Waals surface area contributed by atoms with Gasteiger partial charge in [0.05, 0.1) is 22.1 Å². The van der Waals surface area contributed by atoms with Gasteiger partial charge in [0.15, 0.2) is 5.43 Å². The van der Waals surface area contributed by atoms with Gasteiger partial charge in [0, 0.05) is 28.2 Å². The van der Waals surface area contributed by atoms with Crippen LogP contribution in [0.5, 0.6) is 0 Å². The molecule has 9 heteroatoms. The van der Waals surface area contributed by atoms with Crippen molar-refractivity contribution < 1.29 is 0 Å². The number of rotatable bonds is 5. The molecule has 2 N–H and O–H groups in total. The van der Waals surface area contributed by atoms with Gasteiger partial charge in [-0.25, -0.2) is 9.97 Å². The van der Waals surface area contributed by atoms with Gasteiger partial charge in [0.25, 0.3) is 5.56 Å². The molecule has 5 aromatic rings. The fourth-order valence-electron chi connectivity index (χ4n) is 4.17. The Morgan fingerprint density at radius 2 is 1.82 bits per heavy atom. The van der Waals surface area contributed by atoms with E-state index in [1.807, 2.05) is 61.7 Å². The predicted molar refractivity (Wildman–Crippen MR) is 139 cm³/mol.